The zero-order valence-corrected chi connectivity index (χ0v) is 14.4. The van der Waals surface area contributed by atoms with Crippen LogP contribution in [0.1, 0.15) is 5.56 Å². The molecule has 0 saturated heterocycles. The number of nitrogens with one attached hydrogen (secondary N) is 1. The van der Waals surface area contributed by atoms with E-state index in [0.29, 0.717) is 10.7 Å². The van der Waals surface area contributed by atoms with Crippen molar-refractivity contribution in [1.82, 2.24) is 14.9 Å². The second-order valence-corrected chi connectivity index (χ2v) is 5.77. The maximum atomic E-state index is 12.0. The molecule has 0 aliphatic rings. The van der Waals surface area contributed by atoms with Gasteiger partial charge in [0.2, 0.25) is 5.91 Å². The highest BCUT2D eigenvalue weighted by molar-refractivity contribution is 6.32. The Balaban J connectivity index is 2.05. The number of pyridine rings is 2. The number of hydrogen-bond donors (Lipinski definition) is 1. The van der Waals surface area contributed by atoms with Gasteiger partial charge in [-0.2, -0.15) is 0 Å². The predicted molar refractivity (Wildman–Crippen MR) is 90.5 cm³/mol. The first-order valence-corrected chi connectivity index (χ1v) is 7.55. The lowest BCUT2D eigenvalue weighted by Crippen LogP contribution is -2.25. The molecule has 2 aromatic rings. The van der Waals surface area contributed by atoms with Gasteiger partial charge in [-0.05, 0) is 11.6 Å². The molecule has 0 unspecified atom stereocenters. The largest absolute Gasteiger partial charge is 0.414 e. The Morgan fingerprint density at radius 3 is 2.58 bits per heavy atom. The lowest BCUT2D eigenvalue weighted by Gasteiger charge is -2.12. The number of nitrogens with zero attached hydrogens (tertiary/aromatic N) is 3. The second-order valence-electron chi connectivity index (χ2n) is 4.98. The van der Waals surface area contributed by atoms with Crippen LogP contribution in [-0.2, 0) is 11.2 Å². The SMILES string of the molecule is CN(C)C(=O)Oc1cc(NC(=O)Cc2ccc(Cl)nc2)ncc1Cl. The first kappa shape index (κ1) is 18.0. The van der Waals surface area contributed by atoms with Crippen molar-refractivity contribution >= 4 is 41.0 Å². The average molecular weight is 369 g/mol. The molecule has 0 aliphatic heterocycles. The van der Waals surface area contributed by atoms with Crippen molar-refractivity contribution in [3.63, 3.8) is 0 Å². The van der Waals surface area contributed by atoms with Gasteiger partial charge in [0.05, 0.1) is 12.6 Å². The summed E-state index contributed by atoms with van der Waals surface area (Å²) in [6.45, 7) is 0. The summed E-state index contributed by atoms with van der Waals surface area (Å²) in [4.78, 5) is 32.8. The van der Waals surface area contributed by atoms with Gasteiger partial charge in [0.1, 0.15) is 16.0 Å². The van der Waals surface area contributed by atoms with Crippen molar-refractivity contribution in [2.45, 2.75) is 6.42 Å². The fourth-order valence-electron chi connectivity index (χ4n) is 1.64. The zero-order chi connectivity index (χ0) is 17.7. The van der Waals surface area contributed by atoms with Gasteiger partial charge in [0.15, 0.2) is 5.75 Å². The first-order valence-electron chi connectivity index (χ1n) is 6.80. The molecule has 0 aliphatic carbocycles. The van der Waals surface area contributed by atoms with Crippen molar-refractivity contribution in [2.24, 2.45) is 0 Å². The van der Waals surface area contributed by atoms with Crippen LogP contribution in [0.4, 0.5) is 10.6 Å². The molecule has 0 radical (unpaired) electrons. The maximum Gasteiger partial charge on any atom is 0.414 e. The van der Waals surface area contributed by atoms with E-state index < -0.39 is 6.09 Å². The maximum absolute atomic E-state index is 12.0. The van der Waals surface area contributed by atoms with Crippen LogP contribution >= 0.6 is 23.2 Å². The van der Waals surface area contributed by atoms with Crippen molar-refractivity contribution in [3.05, 3.63) is 46.3 Å². The molecule has 2 aromatic heterocycles. The normalized spacial score (nSPS) is 10.2. The molecular formula is C15H14Cl2N4O3. The van der Waals surface area contributed by atoms with Crippen LogP contribution in [-0.4, -0.2) is 41.0 Å². The summed E-state index contributed by atoms with van der Waals surface area (Å²) < 4.78 is 5.10. The number of amides is 2. The number of ether oxygens (including phenoxy) is 1. The third-order valence-corrected chi connectivity index (χ3v) is 3.31. The standard InChI is InChI=1S/C15H14Cl2N4O3/c1-21(2)15(23)24-11-6-13(19-8-10(11)16)20-14(22)5-9-3-4-12(17)18-7-9/h3-4,6-8H,5H2,1-2H3,(H,19,20,22). The van der Waals surface area contributed by atoms with Gasteiger partial charge in [-0.1, -0.05) is 29.3 Å². The van der Waals surface area contributed by atoms with Crippen LogP contribution in [0.25, 0.3) is 0 Å². The number of anilines is 1. The van der Waals surface area contributed by atoms with E-state index in [0.717, 1.165) is 0 Å². The summed E-state index contributed by atoms with van der Waals surface area (Å²) in [7, 11) is 3.08. The molecular weight excluding hydrogens is 355 g/mol. The van der Waals surface area contributed by atoms with Crippen LogP contribution in [0, 0.1) is 0 Å². The fraction of sp³-hybridized carbons (Fsp3) is 0.200. The molecule has 9 heteroatoms. The van der Waals surface area contributed by atoms with Crippen LogP contribution < -0.4 is 10.1 Å². The van der Waals surface area contributed by atoms with Crippen molar-refractivity contribution in [1.29, 1.82) is 0 Å². The number of halogens is 2. The van der Waals surface area contributed by atoms with E-state index in [4.69, 9.17) is 27.9 Å². The molecule has 126 valence electrons. The topological polar surface area (TPSA) is 84.4 Å². The molecule has 2 heterocycles. The van der Waals surface area contributed by atoms with Gasteiger partial charge in [-0.15, -0.1) is 0 Å². The minimum Gasteiger partial charge on any atom is -0.408 e. The van der Waals surface area contributed by atoms with E-state index in [1.807, 2.05) is 0 Å². The third kappa shape index (κ3) is 5.07. The third-order valence-electron chi connectivity index (χ3n) is 2.80. The molecule has 0 saturated carbocycles. The van der Waals surface area contributed by atoms with Gasteiger partial charge in [0.25, 0.3) is 0 Å². The van der Waals surface area contributed by atoms with Gasteiger partial charge in [-0.3, -0.25) is 4.79 Å². The highest BCUT2D eigenvalue weighted by Gasteiger charge is 2.13. The second kappa shape index (κ2) is 7.94. The van der Waals surface area contributed by atoms with Crippen LogP contribution in [0.5, 0.6) is 5.75 Å². The van der Waals surface area contributed by atoms with Crippen molar-refractivity contribution in [2.75, 3.05) is 19.4 Å². The number of carbonyl (C=O) groups is 2. The molecule has 24 heavy (non-hydrogen) atoms. The van der Waals surface area contributed by atoms with Crippen LogP contribution in [0.15, 0.2) is 30.6 Å². The van der Waals surface area contributed by atoms with Crippen LogP contribution in [0.3, 0.4) is 0 Å². The summed E-state index contributed by atoms with van der Waals surface area (Å²) in [5, 5.41) is 3.11. The van der Waals surface area contributed by atoms with Crippen molar-refractivity contribution < 1.29 is 14.3 Å². The molecule has 0 bridgehead atoms. The smallest absolute Gasteiger partial charge is 0.408 e. The van der Waals surface area contributed by atoms with Gasteiger partial charge < -0.3 is 15.0 Å². The van der Waals surface area contributed by atoms with E-state index in [9.17, 15) is 9.59 Å². The Labute approximate surface area is 148 Å². The summed E-state index contributed by atoms with van der Waals surface area (Å²) in [5.41, 5.74) is 0.699. The number of aromatic nitrogens is 2. The first-order chi connectivity index (χ1) is 11.3. The lowest BCUT2D eigenvalue weighted by molar-refractivity contribution is -0.115. The Morgan fingerprint density at radius 1 is 1.21 bits per heavy atom. The Bertz CT molecular complexity index is 751. The highest BCUT2D eigenvalue weighted by Crippen LogP contribution is 2.26. The summed E-state index contributed by atoms with van der Waals surface area (Å²) in [6, 6.07) is 4.68. The summed E-state index contributed by atoms with van der Waals surface area (Å²) in [5.74, 6) is 0.0144. The van der Waals surface area contributed by atoms with Gasteiger partial charge in [0, 0.05) is 26.4 Å². The van der Waals surface area contributed by atoms with E-state index >= 15 is 0 Å². The quantitative estimate of drug-likeness (QED) is 0.838. The lowest BCUT2D eigenvalue weighted by atomic mass is 10.2. The van der Waals surface area contributed by atoms with E-state index in [-0.39, 0.29) is 28.9 Å². The molecule has 2 rings (SSSR count). The zero-order valence-electron chi connectivity index (χ0n) is 12.9. The molecule has 0 fully saturated rings. The Hall–Kier alpha value is -2.38. The highest BCUT2D eigenvalue weighted by atomic mass is 35.5. The van der Waals surface area contributed by atoms with Gasteiger partial charge in [-0.25, -0.2) is 14.8 Å². The van der Waals surface area contributed by atoms with E-state index in [2.05, 4.69) is 15.3 Å². The predicted octanol–water partition coefficient (Wildman–Crippen LogP) is 3.03. The van der Waals surface area contributed by atoms with Crippen molar-refractivity contribution in [3.8, 4) is 5.75 Å². The number of rotatable bonds is 4. The summed E-state index contributed by atoms with van der Waals surface area (Å²) >= 11 is 11.6. The molecule has 2 amide bonds. The number of carbonyl (C=O) groups excluding carboxylic acids is 2. The molecule has 1 N–H and O–H groups in total. The molecule has 0 spiro atoms. The minimum absolute atomic E-state index is 0.0985. The number of hydrogen-bond acceptors (Lipinski definition) is 5. The van der Waals surface area contributed by atoms with Gasteiger partial charge >= 0.3 is 6.09 Å². The molecule has 0 aromatic carbocycles. The molecule has 7 nitrogen and oxygen atoms in total. The minimum atomic E-state index is -0.590. The monoisotopic (exact) mass is 368 g/mol. The summed E-state index contributed by atoms with van der Waals surface area (Å²) in [6.07, 6.45) is 2.31. The Morgan fingerprint density at radius 2 is 1.96 bits per heavy atom. The Kier molecular flexibility index (Phi) is 5.94. The average Bonchev–Trinajstić information content (AvgIpc) is 2.52. The molecule has 0 atom stereocenters. The fourth-order valence-corrected chi connectivity index (χ4v) is 1.89. The van der Waals surface area contributed by atoms with E-state index in [1.165, 1.54) is 23.4 Å². The van der Waals surface area contributed by atoms with E-state index in [1.54, 1.807) is 26.2 Å². The van der Waals surface area contributed by atoms with Crippen LogP contribution in [0.2, 0.25) is 10.2 Å².